The maximum atomic E-state index is 3.58. The summed E-state index contributed by atoms with van der Waals surface area (Å²) in [6.07, 6.45) is 15.3. The molecule has 1 unspecified atom stereocenters. The summed E-state index contributed by atoms with van der Waals surface area (Å²) in [6, 6.07) is 73.8. The lowest BCUT2D eigenvalue weighted by Crippen LogP contribution is -2.30. The Morgan fingerprint density at radius 1 is 0.446 bits per heavy atom. The molecule has 3 aliphatic rings. The van der Waals surface area contributed by atoms with Gasteiger partial charge in [0.15, 0.2) is 0 Å². The van der Waals surface area contributed by atoms with Gasteiger partial charge in [-0.15, -0.1) is 0 Å². The molecule has 0 saturated carbocycles. The second kappa shape index (κ2) is 17.3. The molecule has 1 heteroatoms. The number of nitrogens with zero attached hydrogens (tertiary/aromatic N) is 1. The van der Waals surface area contributed by atoms with Gasteiger partial charge in [0, 0.05) is 29.9 Å². The average molecular weight is 832 g/mol. The highest BCUT2D eigenvalue weighted by Crippen LogP contribution is 2.59. The van der Waals surface area contributed by atoms with Gasteiger partial charge in [-0.3, -0.25) is 0 Å². The van der Waals surface area contributed by atoms with Gasteiger partial charge in [-0.05, 0) is 134 Å². The summed E-state index contributed by atoms with van der Waals surface area (Å²) in [5, 5.41) is 0. The van der Waals surface area contributed by atoms with Crippen LogP contribution in [-0.4, -0.2) is 0 Å². The molecular formula is C64H49N. The third kappa shape index (κ3) is 7.48. The molecule has 1 atom stereocenters. The molecule has 8 aromatic rings. The molecule has 8 aromatic carbocycles. The van der Waals surface area contributed by atoms with E-state index in [1.807, 2.05) is 0 Å². The second-order valence-electron chi connectivity index (χ2n) is 17.4. The van der Waals surface area contributed by atoms with Gasteiger partial charge in [-0.1, -0.05) is 212 Å². The Morgan fingerprint density at radius 3 is 1.69 bits per heavy atom. The molecule has 0 aliphatic heterocycles. The molecule has 0 radical (unpaired) electrons. The maximum Gasteiger partial charge on any atom is 0.0711 e. The van der Waals surface area contributed by atoms with E-state index in [9.17, 15) is 0 Å². The largest absolute Gasteiger partial charge is 0.313 e. The summed E-state index contributed by atoms with van der Waals surface area (Å²) in [5.41, 5.74) is 21.5. The highest BCUT2D eigenvalue weighted by atomic mass is 15.1. The monoisotopic (exact) mass is 831 g/mol. The van der Waals surface area contributed by atoms with E-state index in [0.717, 1.165) is 36.3 Å². The van der Waals surface area contributed by atoms with Crippen LogP contribution < -0.4 is 4.90 Å². The average Bonchev–Trinajstić information content (AvgIpc) is 3.66. The fourth-order valence-electron chi connectivity index (χ4n) is 10.2. The Hall–Kier alpha value is -7.92. The summed E-state index contributed by atoms with van der Waals surface area (Å²) in [4.78, 5) is 2.46. The number of aryl methyl sites for hydroxylation is 1. The Kier molecular flexibility index (Phi) is 10.6. The van der Waals surface area contributed by atoms with Crippen molar-refractivity contribution in [2.45, 2.75) is 38.0 Å². The van der Waals surface area contributed by atoms with E-state index in [4.69, 9.17) is 0 Å². The van der Waals surface area contributed by atoms with E-state index in [0.29, 0.717) is 6.42 Å². The Balaban J connectivity index is 1.12. The molecule has 0 heterocycles. The normalized spacial score (nSPS) is 17.7. The number of hydrogen-bond acceptors (Lipinski definition) is 1. The first kappa shape index (κ1) is 39.9. The van der Waals surface area contributed by atoms with Gasteiger partial charge in [0.25, 0.3) is 0 Å². The Morgan fingerprint density at radius 2 is 1.00 bits per heavy atom. The van der Waals surface area contributed by atoms with Crippen molar-refractivity contribution in [1.82, 2.24) is 0 Å². The number of anilines is 2. The van der Waals surface area contributed by atoms with Gasteiger partial charge in [0.2, 0.25) is 0 Å². The molecule has 65 heavy (non-hydrogen) atoms. The Labute approximate surface area is 384 Å². The molecular weight excluding hydrogens is 783 g/mol. The van der Waals surface area contributed by atoms with E-state index in [1.165, 1.54) is 83.5 Å². The predicted octanol–water partition coefficient (Wildman–Crippen LogP) is 16.5. The number of fused-ring (bicyclic) bond motifs is 3. The van der Waals surface area contributed by atoms with Crippen LogP contribution in [0.1, 0.15) is 53.5 Å². The van der Waals surface area contributed by atoms with Crippen molar-refractivity contribution in [1.29, 1.82) is 0 Å². The van der Waals surface area contributed by atoms with Crippen molar-refractivity contribution in [3.8, 4) is 56.3 Å². The van der Waals surface area contributed by atoms with E-state index in [2.05, 4.69) is 254 Å². The third-order valence-electron chi connectivity index (χ3n) is 13.4. The van der Waals surface area contributed by atoms with E-state index in [1.54, 1.807) is 0 Å². The van der Waals surface area contributed by atoms with Gasteiger partial charge in [-0.2, -0.15) is 0 Å². The second-order valence-corrected chi connectivity index (χ2v) is 17.4. The van der Waals surface area contributed by atoms with Crippen molar-refractivity contribution in [2.24, 2.45) is 0 Å². The van der Waals surface area contributed by atoms with Crippen molar-refractivity contribution in [3.05, 3.63) is 270 Å². The van der Waals surface area contributed by atoms with Crippen molar-refractivity contribution in [3.63, 3.8) is 0 Å². The van der Waals surface area contributed by atoms with Crippen LogP contribution in [-0.2, 0) is 5.41 Å². The standard InChI is InChI=1S/C64H49N/c1-46-29-37-56(38-30-46)64(55-25-12-5-13-26-55)62-44-54(52-33-31-51(32-34-52)48-19-8-3-9-20-48)36-41-60(62)61-42-40-59(45-63(61)64)65(58-28-16-24-53(43-58)49-21-10-4-11-22-49)57-27-15-14-23-50(35-39-57)47-17-6-2-7-18-47/h2-4,6-12,16-22,24-26,28-45H,5,13,23,27H2,1H3/b50-35+,57-39+. The fourth-order valence-corrected chi connectivity index (χ4v) is 10.2. The molecule has 0 fully saturated rings. The van der Waals surface area contributed by atoms with E-state index >= 15 is 0 Å². The minimum atomic E-state index is -0.557. The van der Waals surface area contributed by atoms with Crippen LogP contribution in [0.4, 0.5) is 11.4 Å². The van der Waals surface area contributed by atoms with Gasteiger partial charge in [0.1, 0.15) is 0 Å². The lowest BCUT2D eigenvalue weighted by molar-refractivity contribution is 0.751. The molecule has 11 rings (SSSR count). The van der Waals surface area contributed by atoms with Gasteiger partial charge < -0.3 is 4.90 Å². The molecule has 310 valence electrons. The van der Waals surface area contributed by atoms with Crippen LogP contribution >= 0.6 is 0 Å². The van der Waals surface area contributed by atoms with Gasteiger partial charge >= 0.3 is 0 Å². The first-order valence-electron chi connectivity index (χ1n) is 22.9. The minimum Gasteiger partial charge on any atom is -0.313 e. The third-order valence-corrected chi connectivity index (χ3v) is 13.4. The molecule has 0 amide bonds. The zero-order valence-corrected chi connectivity index (χ0v) is 36.7. The topological polar surface area (TPSA) is 3.24 Å². The highest BCUT2D eigenvalue weighted by Gasteiger charge is 2.47. The van der Waals surface area contributed by atoms with E-state index < -0.39 is 5.41 Å². The molecule has 3 aliphatic carbocycles. The van der Waals surface area contributed by atoms with Crippen LogP contribution in [0.5, 0.6) is 0 Å². The lowest BCUT2D eigenvalue weighted by Gasteiger charge is -2.37. The first-order chi connectivity index (χ1) is 32.1. The van der Waals surface area contributed by atoms with Crippen LogP contribution in [0, 0.1) is 18.8 Å². The summed E-state index contributed by atoms with van der Waals surface area (Å²) in [6.45, 7) is 2.19. The van der Waals surface area contributed by atoms with Crippen LogP contribution in [0.15, 0.2) is 242 Å². The summed E-state index contributed by atoms with van der Waals surface area (Å²) in [5.74, 6) is 7.11. The van der Waals surface area contributed by atoms with Crippen LogP contribution in [0.25, 0.3) is 50.1 Å². The lowest BCUT2D eigenvalue weighted by atomic mass is 9.65. The molecule has 0 saturated heterocycles. The smallest absolute Gasteiger partial charge is 0.0711 e. The number of allylic oxidation sites excluding steroid dienone is 8. The number of hydrogen-bond donors (Lipinski definition) is 0. The molecule has 0 aromatic heterocycles. The van der Waals surface area contributed by atoms with Crippen LogP contribution in [0.3, 0.4) is 0 Å². The molecule has 0 N–H and O–H groups in total. The molecule has 0 bridgehead atoms. The maximum absolute atomic E-state index is 3.58. The van der Waals surface area contributed by atoms with Crippen molar-refractivity contribution in [2.75, 3.05) is 4.90 Å². The Bertz CT molecular complexity index is 3230. The van der Waals surface area contributed by atoms with Gasteiger partial charge in [0.05, 0.1) is 5.41 Å². The minimum absolute atomic E-state index is 0.557. The summed E-state index contributed by atoms with van der Waals surface area (Å²) >= 11 is 0. The highest BCUT2D eigenvalue weighted by molar-refractivity contribution is 5.91. The summed E-state index contributed by atoms with van der Waals surface area (Å²) in [7, 11) is 0. The van der Waals surface area contributed by atoms with Crippen molar-refractivity contribution < 1.29 is 0 Å². The van der Waals surface area contributed by atoms with E-state index in [-0.39, 0.29) is 0 Å². The summed E-state index contributed by atoms with van der Waals surface area (Å²) < 4.78 is 0. The quantitative estimate of drug-likeness (QED) is 0.131. The number of benzene rings is 8. The zero-order valence-electron chi connectivity index (χ0n) is 36.7. The van der Waals surface area contributed by atoms with Crippen LogP contribution in [0.2, 0.25) is 0 Å². The molecule has 0 spiro atoms. The number of rotatable bonds is 9. The van der Waals surface area contributed by atoms with Crippen molar-refractivity contribution >= 4 is 16.9 Å². The zero-order chi connectivity index (χ0) is 43.6. The SMILES string of the molecule is Cc1ccc(C2(C3=CCCC=C3)c3cc(-c4ccc(-c5ccccc5)cc4)ccc3-c3ccc(N(/C4=C/C=C(/c5ccccc5)CC#CC4)c4cccc(-c5ccccc5)c4)cc32)cc1. The molecule has 1 nitrogen and oxygen atoms in total. The predicted molar refractivity (Wildman–Crippen MR) is 274 cm³/mol. The van der Waals surface area contributed by atoms with Gasteiger partial charge in [-0.25, -0.2) is 0 Å². The fraction of sp³-hybridized carbons (Fsp3) is 0.0938. The first-order valence-corrected chi connectivity index (χ1v) is 22.9.